The van der Waals surface area contributed by atoms with Crippen LogP contribution in [0.4, 0.5) is 0 Å². The van der Waals surface area contributed by atoms with Gasteiger partial charge in [-0.2, -0.15) is 0 Å². The average Bonchev–Trinajstić information content (AvgIpc) is 2.48. The minimum atomic E-state index is -0.773. The fourth-order valence-electron chi connectivity index (χ4n) is 1.90. The Hall–Kier alpha value is -1.88. The molecule has 22 heavy (non-hydrogen) atoms. The monoisotopic (exact) mass is 307 g/mol. The Bertz CT molecular complexity index is 468. The van der Waals surface area contributed by atoms with Gasteiger partial charge in [0.15, 0.2) is 0 Å². The summed E-state index contributed by atoms with van der Waals surface area (Å²) in [7, 11) is 0. The largest absolute Gasteiger partial charge is 0.481 e. The van der Waals surface area contributed by atoms with Crippen LogP contribution in [0, 0.1) is 0 Å². The Labute approximate surface area is 131 Å². The van der Waals surface area contributed by atoms with Gasteiger partial charge in [-0.1, -0.05) is 18.6 Å². The molecule has 122 valence electrons. The number of benzene rings is 1. The second-order valence-corrected chi connectivity index (χ2v) is 5.52. The molecule has 0 aromatic heterocycles. The van der Waals surface area contributed by atoms with E-state index in [9.17, 15) is 9.59 Å². The van der Waals surface area contributed by atoms with Crippen molar-refractivity contribution in [2.45, 2.75) is 52.2 Å². The van der Waals surface area contributed by atoms with E-state index in [1.165, 1.54) is 0 Å². The number of carbonyl (C=O) groups excluding carboxylic acids is 1. The summed E-state index contributed by atoms with van der Waals surface area (Å²) in [6.07, 6.45) is 2.62. The topological polar surface area (TPSA) is 75.6 Å². The second-order valence-electron chi connectivity index (χ2n) is 5.52. The van der Waals surface area contributed by atoms with E-state index in [1.54, 1.807) is 12.1 Å². The van der Waals surface area contributed by atoms with Gasteiger partial charge in [0.2, 0.25) is 0 Å². The first-order valence-electron chi connectivity index (χ1n) is 7.69. The number of ether oxygens (including phenoxy) is 1. The van der Waals surface area contributed by atoms with Gasteiger partial charge in [-0.15, -0.1) is 0 Å². The SMILES string of the molecule is CC(C)OCc1ccc(C(=O)NCCCCCC(=O)O)cc1. The summed E-state index contributed by atoms with van der Waals surface area (Å²) in [6.45, 7) is 5.08. The van der Waals surface area contributed by atoms with Crippen LogP contribution >= 0.6 is 0 Å². The zero-order chi connectivity index (χ0) is 16.4. The first-order valence-corrected chi connectivity index (χ1v) is 7.69. The zero-order valence-electron chi connectivity index (χ0n) is 13.3. The Kier molecular flexibility index (Phi) is 8.22. The van der Waals surface area contributed by atoms with Crippen molar-refractivity contribution in [3.8, 4) is 0 Å². The predicted molar refractivity (Wildman–Crippen MR) is 84.8 cm³/mol. The molecule has 0 fully saturated rings. The highest BCUT2D eigenvalue weighted by atomic mass is 16.5. The maximum Gasteiger partial charge on any atom is 0.303 e. The lowest BCUT2D eigenvalue weighted by atomic mass is 10.1. The molecule has 0 spiro atoms. The standard InChI is InChI=1S/C17H25NO4/c1-13(2)22-12-14-7-9-15(10-8-14)17(21)18-11-5-3-4-6-16(19)20/h7-10,13H,3-6,11-12H2,1-2H3,(H,18,21)(H,19,20). The number of aliphatic carboxylic acids is 1. The van der Waals surface area contributed by atoms with Gasteiger partial charge >= 0.3 is 5.97 Å². The number of carboxylic acids is 1. The van der Waals surface area contributed by atoms with Gasteiger partial charge in [-0.05, 0) is 44.4 Å². The Balaban J connectivity index is 2.26. The predicted octanol–water partition coefficient (Wildman–Crippen LogP) is 2.99. The third-order valence-corrected chi connectivity index (χ3v) is 3.15. The van der Waals surface area contributed by atoms with Crippen LogP contribution in [0.15, 0.2) is 24.3 Å². The molecule has 5 heteroatoms. The van der Waals surface area contributed by atoms with Gasteiger partial charge in [0.1, 0.15) is 0 Å². The summed E-state index contributed by atoms with van der Waals surface area (Å²) in [5.41, 5.74) is 1.66. The molecule has 0 saturated heterocycles. The molecule has 0 radical (unpaired) electrons. The lowest BCUT2D eigenvalue weighted by Gasteiger charge is -2.08. The molecule has 0 aliphatic rings. The maximum absolute atomic E-state index is 11.9. The van der Waals surface area contributed by atoms with Gasteiger partial charge in [-0.25, -0.2) is 0 Å². The molecule has 1 rings (SSSR count). The number of unbranched alkanes of at least 4 members (excludes halogenated alkanes) is 2. The van der Waals surface area contributed by atoms with Crippen LogP contribution in [0.2, 0.25) is 0 Å². The Morgan fingerprint density at radius 3 is 2.41 bits per heavy atom. The molecule has 0 aliphatic carbocycles. The molecule has 0 unspecified atom stereocenters. The van der Waals surface area contributed by atoms with Crippen molar-refractivity contribution in [1.82, 2.24) is 5.32 Å². The second kappa shape index (κ2) is 9.95. The number of nitrogens with one attached hydrogen (secondary N) is 1. The fourth-order valence-corrected chi connectivity index (χ4v) is 1.90. The average molecular weight is 307 g/mol. The van der Waals surface area contributed by atoms with E-state index < -0.39 is 5.97 Å². The zero-order valence-corrected chi connectivity index (χ0v) is 13.3. The van der Waals surface area contributed by atoms with Crippen molar-refractivity contribution >= 4 is 11.9 Å². The van der Waals surface area contributed by atoms with Crippen LogP contribution in [0.5, 0.6) is 0 Å². The van der Waals surface area contributed by atoms with Crippen LogP contribution in [-0.4, -0.2) is 29.6 Å². The van der Waals surface area contributed by atoms with E-state index in [0.29, 0.717) is 25.1 Å². The van der Waals surface area contributed by atoms with E-state index in [2.05, 4.69) is 5.32 Å². The van der Waals surface area contributed by atoms with Crippen LogP contribution in [0.3, 0.4) is 0 Å². The van der Waals surface area contributed by atoms with Crippen LogP contribution in [0.1, 0.15) is 55.5 Å². The van der Waals surface area contributed by atoms with Crippen molar-refractivity contribution < 1.29 is 19.4 Å². The molecule has 5 nitrogen and oxygen atoms in total. The molecular formula is C17H25NO4. The van der Waals surface area contributed by atoms with Crippen molar-refractivity contribution in [2.75, 3.05) is 6.54 Å². The van der Waals surface area contributed by atoms with E-state index in [4.69, 9.17) is 9.84 Å². The lowest BCUT2D eigenvalue weighted by Crippen LogP contribution is -2.24. The summed E-state index contributed by atoms with van der Waals surface area (Å²) in [6, 6.07) is 7.37. The molecule has 2 N–H and O–H groups in total. The molecule has 1 amide bonds. The summed E-state index contributed by atoms with van der Waals surface area (Å²) in [5.74, 6) is -0.875. The highest BCUT2D eigenvalue weighted by Gasteiger charge is 2.05. The quantitative estimate of drug-likeness (QED) is 0.652. The van der Waals surface area contributed by atoms with E-state index in [1.807, 2.05) is 26.0 Å². The first-order chi connectivity index (χ1) is 10.5. The maximum atomic E-state index is 11.9. The number of carboxylic acid groups (broad SMARTS) is 1. The van der Waals surface area contributed by atoms with E-state index in [-0.39, 0.29) is 18.4 Å². The third-order valence-electron chi connectivity index (χ3n) is 3.15. The molecule has 1 aromatic rings. The van der Waals surface area contributed by atoms with Crippen LogP contribution in [0.25, 0.3) is 0 Å². The normalized spacial score (nSPS) is 10.7. The Morgan fingerprint density at radius 2 is 1.82 bits per heavy atom. The highest BCUT2D eigenvalue weighted by Crippen LogP contribution is 2.07. The smallest absolute Gasteiger partial charge is 0.303 e. The minimum absolute atomic E-state index is 0.102. The number of hydrogen-bond donors (Lipinski definition) is 2. The Morgan fingerprint density at radius 1 is 1.14 bits per heavy atom. The number of hydrogen-bond acceptors (Lipinski definition) is 3. The van der Waals surface area contributed by atoms with Crippen molar-refractivity contribution in [2.24, 2.45) is 0 Å². The summed E-state index contributed by atoms with van der Waals surface area (Å²) in [5, 5.41) is 11.4. The number of amides is 1. The molecule has 0 atom stereocenters. The molecular weight excluding hydrogens is 282 g/mol. The molecule has 0 heterocycles. The van der Waals surface area contributed by atoms with Gasteiger partial charge in [0.25, 0.3) is 5.91 Å². The van der Waals surface area contributed by atoms with Crippen LogP contribution in [-0.2, 0) is 16.1 Å². The third kappa shape index (κ3) is 7.78. The molecule has 0 bridgehead atoms. The number of carbonyl (C=O) groups is 2. The summed E-state index contributed by atoms with van der Waals surface area (Å²) >= 11 is 0. The van der Waals surface area contributed by atoms with Crippen molar-refractivity contribution in [1.29, 1.82) is 0 Å². The van der Waals surface area contributed by atoms with Gasteiger partial charge in [0, 0.05) is 18.5 Å². The lowest BCUT2D eigenvalue weighted by molar-refractivity contribution is -0.137. The summed E-state index contributed by atoms with van der Waals surface area (Å²) in [4.78, 5) is 22.3. The first kappa shape index (κ1) is 18.2. The minimum Gasteiger partial charge on any atom is -0.481 e. The molecule has 0 saturated carbocycles. The van der Waals surface area contributed by atoms with Gasteiger partial charge in [-0.3, -0.25) is 9.59 Å². The van der Waals surface area contributed by atoms with E-state index in [0.717, 1.165) is 18.4 Å². The molecule has 0 aliphatic heterocycles. The van der Waals surface area contributed by atoms with E-state index >= 15 is 0 Å². The van der Waals surface area contributed by atoms with Gasteiger partial charge < -0.3 is 15.2 Å². The van der Waals surface area contributed by atoms with Crippen LogP contribution < -0.4 is 5.32 Å². The summed E-state index contributed by atoms with van der Waals surface area (Å²) < 4.78 is 5.51. The number of rotatable bonds is 10. The fraction of sp³-hybridized carbons (Fsp3) is 0.529. The van der Waals surface area contributed by atoms with Crippen molar-refractivity contribution in [3.63, 3.8) is 0 Å². The van der Waals surface area contributed by atoms with Gasteiger partial charge in [0.05, 0.1) is 12.7 Å². The highest BCUT2D eigenvalue weighted by molar-refractivity contribution is 5.94. The molecule has 1 aromatic carbocycles. The van der Waals surface area contributed by atoms with Crippen molar-refractivity contribution in [3.05, 3.63) is 35.4 Å².